The van der Waals surface area contributed by atoms with Gasteiger partial charge >= 0.3 is 0 Å². The summed E-state index contributed by atoms with van der Waals surface area (Å²) in [4.78, 5) is 28.9. The summed E-state index contributed by atoms with van der Waals surface area (Å²) in [6, 6.07) is 3.55. The highest BCUT2D eigenvalue weighted by molar-refractivity contribution is 7.85. The van der Waals surface area contributed by atoms with Crippen molar-refractivity contribution in [3.8, 4) is 0 Å². The molecule has 1 aliphatic heterocycles. The van der Waals surface area contributed by atoms with Crippen LogP contribution in [0.5, 0.6) is 0 Å². The average Bonchev–Trinajstić information content (AvgIpc) is 2.71. The lowest BCUT2D eigenvalue weighted by molar-refractivity contribution is -0.123. The molecule has 1 aromatic rings. The van der Waals surface area contributed by atoms with Crippen LogP contribution in [0.1, 0.15) is 45.7 Å². The van der Waals surface area contributed by atoms with Crippen LogP contribution in [-0.4, -0.2) is 43.5 Å². The lowest BCUT2D eigenvalue weighted by Gasteiger charge is -2.42. The van der Waals surface area contributed by atoms with Crippen molar-refractivity contribution in [1.29, 1.82) is 0 Å². The van der Waals surface area contributed by atoms with Crippen molar-refractivity contribution in [1.82, 2.24) is 15.2 Å². The first-order valence-corrected chi connectivity index (χ1v) is 12.1. The molecule has 1 saturated carbocycles. The van der Waals surface area contributed by atoms with E-state index >= 15 is 0 Å². The summed E-state index contributed by atoms with van der Waals surface area (Å²) >= 11 is 5.97. The molecule has 0 spiro atoms. The van der Waals surface area contributed by atoms with E-state index in [4.69, 9.17) is 11.6 Å². The van der Waals surface area contributed by atoms with Gasteiger partial charge in [0.15, 0.2) is 11.7 Å². The van der Waals surface area contributed by atoms with Gasteiger partial charge in [0.05, 0.1) is 33.6 Å². The first-order valence-electron chi connectivity index (χ1n) is 10.4. The van der Waals surface area contributed by atoms with Gasteiger partial charge in [-0.25, -0.2) is 4.99 Å². The van der Waals surface area contributed by atoms with Crippen molar-refractivity contribution >= 4 is 40.0 Å². The fourth-order valence-corrected chi connectivity index (χ4v) is 4.39. The van der Waals surface area contributed by atoms with Crippen LogP contribution in [0.25, 0.3) is 0 Å². The highest BCUT2D eigenvalue weighted by Crippen LogP contribution is 2.33. The third-order valence-corrected chi connectivity index (χ3v) is 7.00. The van der Waals surface area contributed by atoms with Crippen LogP contribution in [0.3, 0.4) is 0 Å². The number of piperazine rings is 1. The number of rotatable bonds is 7. The Morgan fingerprint density at radius 2 is 2.23 bits per heavy atom. The largest absolute Gasteiger partial charge is 0.333 e. The van der Waals surface area contributed by atoms with Gasteiger partial charge in [0.25, 0.3) is 5.91 Å². The van der Waals surface area contributed by atoms with Crippen LogP contribution in [0.4, 0.5) is 0 Å². The van der Waals surface area contributed by atoms with Crippen LogP contribution < -0.4 is 5.32 Å². The minimum Gasteiger partial charge on any atom is -0.333 e. The van der Waals surface area contributed by atoms with E-state index in [9.17, 15) is 9.00 Å². The zero-order valence-electron chi connectivity index (χ0n) is 18.1. The zero-order chi connectivity index (χ0) is 22.5. The molecule has 1 aliphatic carbocycles. The highest BCUT2D eigenvalue weighted by atomic mass is 35.5. The van der Waals surface area contributed by atoms with Crippen LogP contribution >= 0.6 is 11.6 Å². The molecule has 0 aromatic carbocycles. The fraction of sp³-hybridized carbons (Fsp3) is 0.455. The standard InChI is InChI=1S/C22H28ClN5O2S/c1-5-19-21(26-15(4)23)28(14(3)16-8-7-9-16)22(29)20(27-19)25-12-17-10-11-18(13-24-17)31(30)6-2/h5,10-11,13-14,16H,4,6-9,12H2,1-3H3,(H,25,27)/b19-5+,26-21?/t14-,31?/m1/s1. The Kier molecular flexibility index (Phi) is 7.78. The third-order valence-electron chi connectivity index (χ3n) is 5.62. The summed E-state index contributed by atoms with van der Waals surface area (Å²) in [6.07, 6.45) is 6.78. The van der Waals surface area contributed by atoms with Crippen molar-refractivity contribution in [2.45, 2.75) is 57.5 Å². The van der Waals surface area contributed by atoms with Gasteiger partial charge in [-0.2, -0.15) is 0 Å². The number of aromatic nitrogens is 1. The molecule has 2 heterocycles. The monoisotopic (exact) mass is 461 g/mol. The quantitative estimate of drug-likeness (QED) is 0.626. The summed E-state index contributed by atoms with van der Waals surface area (Å²) in [5.41, 5.74) is 1.35. The summed E-state index contributed by atoms with van der Waals surface area (Å²) in [7, 11) is -1.05. The maximum atomic E-state index is 13.4. The second-order valence-corrected chi connectivity index (χ2v) is 9.71. The molecule has 1 amide bonds. The number of amides is 1. The molecule has 3 rings (SSSR count). The molecule has 2 atom stereocenters. The minimum absolute atomic E-state index is 0.0281. The van der Waals surface area contributed by atoms with E-state index in [1.165, 1.54) is 6.42 Å². The predicted molar refractivity (Wildman–Crippen MR) is 125 cm³/mol. The van der Waals surface area contributed by atoms with Gasteiger partial charge in [-0.05, 0) is 44.7 Å². The molecule has 2 fully saturated rings. The number of halogens is 1. The number of allylic oxidation sites excluding steroid dienone is 1. The van der Waals surface area contributed by atoms with Crippen LogP contribution in [0.15, 0.2) is 56.7 Å². The number of hydrogen-bond acceptors (Lipinski definition) is 5. The maximum absolute atomic E-state index is 13.4. The van der Waals surface area contributed by atoms with Gasteiger partial charge < -0.3 is 5.32 Å². The second-order valence-electron chi connectivity index (χ2n) is 7.53. The van der Waals surface area contributed by atoms with E-state index in [0.717, 1.165) is 12.8 Å². The lowest BCUT2D eigenvalue weighted by Crippen LogP contribution is -2.59. The van der Waals surface area contributed by atoms with Gasteiger partial charge in [0.2, 0.25) is 0 Å². The van der Waals surface area contributed by atoms with Crippen LogP contribution in [0, 0.1) is 5.92 Å². The Bertz CT molecular complexity index is 967. The molecule has 7 nitrogen and oxygen atoms in total. The maximum Gasteiger partial charge on any atom is 0.295 e. The number of nitrogens with zero attached hydrogens (tertiary/aromatic N) is 4. The van der Waals surface area contributed by atoms with Crippen molar-refractivity contribution in [2.24, 2.45) is 15.9 Å². The summed E-state index contributed by atoms with van der Waals surface area (Å²) in [5.74, 6) is 1.42. The number of carbonyl (C=O) groups is 1. The smallest absolute Gasteiger partial charge is 0.295 e. The Morgan fingerprint density at radius 3 is 2.74 bits per heavy atom. The topological polar surface area (TPSA) is 87.0 Å². The average molecular weight is 462 g/mol. The molecule has 2 aliphatic rings. The molecular formula is C22H28ClN5O2S. The fourth-order valence-electron chi connectivity index (χ4n) is 3.59. The van der Waals surface area contributed by atoms with Crippen LogP contribution in [0.2, 0.25) is 0 Å². The summed E-state index contributed by atoms with van der Waals surface area (Å²) in [5, 5.41) is 3.20. The van der Waals surface area contributed by atoms with Crippen molar-refractivity contribution in [3.05, 3.63) is 47.5 Å². The molecule has 1 saturated heterocycles. The molecule has 1 unspecified atom stereocenters. The Morgan fingerprint density at radius 1 is 1.48 bits per heavy atom. The van der Waals surface area contributed by atoms with E-state index in [1.807, 2.05) is 26.8 Å². The lowest BCUT2D eigenvalue weighted by atomic mass is 9.79. The van der Waals surface area contributed by atoms with Gasteiger partial charge in [0.1, 0.15) is 5.16 Å². The Balaban J connectivity index is 1.88. The molecule has 31 heavy (non-hydrogen) atoms. The Hall–Kier alpha value is -2.32. The summed E-state index contributed by atoms with van der Waals surface area (Å²) in [6.45, 7) is 9.66. The van der Waals surface area contributed by atoms with Crippen molar-refractivity contribution < 1.29 is 9.00 Å². The number of aliphatic imine (C=N–C) groups is 2. The van der Waals surface area contributed by atoms with Crippen molar-refractivity contribution in [2.75, 3.05) is 5.75 Å². The SMILES string of the molecule is C=C(Cl)N=C1/C(=C\C)NC(=NCc2ccc(S(=O)CC)cn2)C(=O)N1[C@H](C)C1CCC1. The van der Waals surface area contributed by atoms with E-state index < -0.39 is 10.8 Å². The number of hydrogen-bond donors (Lipinski definition) is 1. The van der Waals surface area contributed by atoms with Gasteiger partial charge in [0, 0.05) is 18.0 Å². The molecule has 166 valence electrons. The summed E-state index contributed by atoms with van der Waals surface area (Å²) < 4.78 is 11.9. The van der Waals surface area contributed by atoms with Crippen molar-refractivity contribution in [3.63, 3.8) is 0 Å². The van der Waals surface area contributed by atoms with Gasteiger partial charge in [-0.1, -0.05) is 37.6 Å². The minimum atomic E-state index is -1.05. The van der Waals surface area contributed by atoms with E-state index in [0.29, 0.717) is 33.8 Å². The predicted octanol–water partition coefficient (Wildman–Crippen LogP) is 3.74. The second kappa shape index (κ2) is 10.3. The van der Waals surface area contributed by atoms with E-state index in [2.05, 4.69) is 26.9 Å². The number of carbonyl (C=O) groups excluding carboxylic acids is 1. The normalized spacial score (nSPS) is 23.0. The van der Waals surface area contributed by atoms with Gasteiger partial charge in [-0.15, -0.1) is 0 Å². The zero-order valence-corrected chi connectivity index (χ0v) is 19.7. The molecule has 1 aromatic heterocycles. The van der Waals surface area contributed by atoms with E-state index in [-0.39, 0.29) is 29.5 Å². The highest BCUT2D eigenvalue weighted by Gasteiger charge is 2.40. The molecule has 9 heteroatoms. The molecule has 0 bridgehead atoms. The number of amidine groups is 2. The van der Waals surface area contributed by atoms with E-state index in [1.54, 1.807) is 23.2 Å². The Labute approximate surface area is 190 Å². The third kappa shape index (κ3) is 5.30. The molecule has 1 N–H and O–H groups in total. The van der Waals surface area contributed by atoms with Gasteiger partial charge in [-0.3, -0.25) is 23.9 Å². The molecular weight excluding hydrogens is 434 g/mol. The molecule has 0 radical (unpaired) electrons. The van der Waals surface area contributed by atoms with Crippen LogP contribution in [-0.2, 0) is 22.1 Å². The first kappa shape index (κ1) is 23.3. The number of pyridine rings is 1. The first-order chi connectivity index (χ1) is 14.8. The number of nitrogens with one attached hydrogen (secondary N) is 1.